The first kappa shape index (κ1) is 13.4. The van der Waals surface area contributed by atoms with E-state index in [1.165, 1.54) is 0 Å². The normalized spacial score (nSPS) is 24.2. The van der Waals surface area contributed by atoms with Crippen LogP contribution in [0.2, 0.25) is 0 Å². The van der Waals surface area contributed by atoms with Crippen molar-refractivity contribution in [1.29, 1.82) is 0 Å². The molecule has 0 saturated carbocycles. The summed E-state index contributed by atoms with van der Waals surface area (Å²) in [5.41, 5.74) is 0.206. The fourth-order valence-electron chi connectivity index (χ4n) is 1.72. The average molecular weight is 366 g/mol. The van der Waals surface area contributed by atoms with Crippen LogP contribution in [0.5, 0.6) is 0 Å². The highest BCUT2D eigenvalue weighted by atomic mass is 79.9. The van der Waals surface area contributed by atoms with Crippen molar-refractivity contribution < 1.29 is 9.84 Å². The van der Waals surface area contributed by atoms with Crippen LogP contribution in [0.25, 0.3) is 0 Å². The zero-order chi connectivity index (χ0) is 12.3. The maximum absolute atomic E-state index is 10.1. The predicted molar refractivity (Wildman–Crippen MR) is 71.7 cm³/mol. The number of ether oxygens (including phenoxy) is 1. The summed E-state index contributed by atoms with van der Waals surface area (Å²) in [7, 11) is 0. The summed E-state index contributed by atoms with van der Waals surface area (Å²) in [5.74, 6) is 0. The molecule has 1 saturated heterocycles. The van der Waals surface area contributed by atoms with E-state index in [0.717, 1.165) is 14.6 Å². The van der Waals surface area contributed by atoms with Gasteiger partial charge in [0.15, 0.2) is 0 Å². The van der Waals surface area contributed by atoms with Crippen LogP contribution < -0.4 is 5.32 Å². The van der Waals surface area contributed by atoms with Crippen LogP contribution >= 0.6 is 31.9 Å². The van der Waals surface area contributed by atoms with Gasteiger partial charge in [-0.2, -0.15) is 0 Å². The molecular weight excluding hydrogens is 352 g/mol. The maximum atomic E-state index is 10.1. The van der Waals surface area contributed by atoms with E-state index in [-0.39, 0.29) is 0 Å². The van der Waals surface area contributed by atoms with E-state index in [1.54, 1.807) is 6.20 Å². The molecule has 17 heavy (non-hydrogen) atoms. The Labute approximate surface area is 117 Å². The van der Waals surface area contributed by atoms with E-state index in [4.69, 9.17) is 4.74 Å². The van der Waals surface area contributed by atoms with Gasteiger partial charge in [0, 0.05) is 41.3 Å². The second-order valence-electron chi connectivity index (χ2n) is 4.21. The summed E-state index contributed by atoms with van der Waals surface area (Å²) in [4.78, 5) is 4.30. The lowest BCUT2D eigenvalue weighted by Gasteiger charge is -2.20. The zero-order valence-corrected chi connectivity index (χ0v) is 12.4. The van der Waals surface area contributed by atoms with Crippen LogP contribution in [0.3, 0.4) is 0 Å². The molecule has 2 heterocycles. The van der Waals surface area contributed by atoms with Crippen LogP contribution in [0.15, 0.2) is 21.2 Å². The van der Waals surface area contributed by atoms with Gasteiger partial charge in [0.05, 0.1) is 12.3 Å². The van der Waals surface area contributed by atoms with Crippen molar-refractivity contribution in [2.75, 3.05) is 19.8 Å². The average Bonchev–Trinajstić information content (AvgIpc) is 2.69. The number of aliphatic hydroxyl groups is 1. The molecule has 0 aliphatic carbocycles. The van der Waals surface area contributed by atoms with Crippen molar-refractivity contribution >= 4 is 31.9 Å². The number of rotatable bonds is 4. The quantitative estimate of drug-likeness (QED) is 0.854. The molecule has 6 heteroatoms. The summed E-state index contributed by atoms with van der Waals surface area (Å²) in [6.07, 6.45) is 2.45. The van der Waals surface area contributed by atoms with Gasteiger partial charge in [-0.15, -0.1) is 0 Å². The van der Waals surface area contributed by atoms with Crippen LogP contribution in [0.1, 0.15) is 12.1 Å². The molecule has 1 fully saturated rings. The minimum Gasteiger partial charge on any atom is -0.386 e. The molecule has 1 aliphatic rings. The van der Waals surface area contributed by atoms with E-state index >= 15 is 0 Å². The highest BCUT2D eigenvalue weighted by molar-refractivity contribution is 9.11. The van der Waals surface area contributed by atoms with Crippen LogP contribution in [0.4, 0.5) is 0 Å². The van der Waals surface area contributed by atoms with Gasteiger partial charge in [0.25, 0.3) is 0 Å². The first-order valence-electron chi connectivity index (χ1n) is 5.40. The largest absolute Gasteiger partial charge is 0.386 e. The Kier molecular flexibility index (Phi) is 4.54. The van der Waals surface area contributed by atoms with Crippen molar-refractivity contribution in [3.63, 3.8) is 0 Å². The number of nitrogens with zero attached hydrogens (tertiary/aromatic N) is 1. The molecule has 4 nitrogen and oxygen atoms in total. The molecule has 0 spiro atoms. The monoisotopic (exact) mass is 364 g/mol. The van der Waals surface area contributed by atoms with Gasteiger partial charge in [-0.3, -0.25) is 4.98 Å². The Morgan fingerprint density at radius 1 is 1.53 bits per heavy atom. The van der Waals surface area contributed by atoms with Crippen molar-refractivity contribution in [1.82, 2.24) is 10.3 Å². The number of hydrogen-bond acceptors (Lipinski definition) is 4. The van der Waals surface area contributed by atoms with E-state index in [9.17, 15) is 5.11 Å². The number of aromatic nitrogens is 1. The minimum atomic E-state index is -0.720. The van der Waals surface area contributed by atoms with Crippen molar-refractivity contribution in [2.45, 2.75) is 18.6 Å². The number of hydrogen-bond donors (Lipinski definition) is 2. The first-order valence-corrected chi connectivity index (χ1v) is 6.98. The number of halogens is 2. The lowest BCUT2D eigenvalue weighted by atomic mass is 10.0. The zero-order valence-electron chi connectivity index (χ0n) is 9.25. The summed E-state index contributed by atoms with van der Waals surface area (Å²) < 4.78 is 7.07. The third-order valence-corrected chi connectivity index (χ3v) is 3.83. The summed E-state index contributed by atoms with van der Waals surface area (Å²) >= 11 is 6.81. The molecule has 0 amide bonds. The number of pyridine rings is 1. The predicted octanol–water partition coefficient (Wildman–Crippen LogP) is 1.85. The molecular formula is C11H14Br2N2O2. The summed E-state index contributed by atoms with van der Waals surface area (Å²) in [6.45, 7) is 2.20. The Hall–Kier alpha value is -0.0100. The standard InChI is InChI=1S/C11H14Br2N2O2/c12-8-3-9(13)10(15-4-8)5-14-6-11(16)1-2-17-7-11/h3-4,14,16H,1-2,5-7H2. The number of nitrogens with one attached hydrogen (secondary N) is 1. The van der Waals surface area contributed by atoms with E-state index in [0.29, 0.717) is 32.7 Å². The molecule has 1 aliphatic heterocycles. The summed E-state index contributed by atoms with van der Waals surface area (Å²) in [6, 6.07) is 1.96. The molecule has 1 aromatic rings. The Bertz CT molecular complexity index is 395. The smallest absolute Gasteiger partial charge is 0.103 e. The van der Waals surface area contributed by atoms with Gasteiger partial charge in [-0.25, -0.2) is 0 Å². The Balaban J connectivity index is 1.85. The van der Waals surface area contributed by atoms with Gasteiger partial charge in [0.2, 0.25) is 0 Å². The third kappa shape index (κ3) is 3.72. The topological polar surface area (TPSA) is 54.4 Å². The van der Waals surface area contributed by atoms with E-state index in [2.05, 4.69) is 42.2 Å². The van der Waals surface area contributed by atoms with Crippen LogP contribution in [-0.2, 0) is 11.3 Å². The fraction of sp³-hybridized carbons (Fsp3) is 0.545. The molecule has 1 atom stereocenters. The Morgan fingerprint density at radius 2 is 2.35 bits per heavy atom. The third-order valence-electron chi connectivity index (χ3n) is 2.71. The molecule has 1 unspecified atom stereocenters. The molecule has 0 aromatic carbocycles. The van der Waals surface area contributed by atoms with Gasteiger partial charge in [-0.1, -0.05) is 0 Å². The highest BCUT2D eigenvalue weighted by Crippen LogP contribution is 2.20. The second-order valence-corrected chi connectivity index (χ2v) is 5.98. The van der Waals surface area contributed by atoms with Crippen molar-refractivity contribution in [2.24, 2.45) is 0 Å². The second kappa shape index (κ2) is 5.75. The van der Waals surface area contributed by atoms with Crippen LogP contribution in [-0.4, -0.2) is 35.5 Å². The Morgan fingerprint density at radius 3 is 3.00 bits per heavy atom. The lowest BCUT2D eigenvalue weighted by Crippen LogP contribution is -2.40. The molecule has 94 valence electrons. The molecule has 2 N–H and O–H groups in total. The lowest BCUT2D eigenvalue weighted by molar-refractivity contribution is 0.0268. The van der Waals surface area contributed by atoms with E-state index in [1.807, 2.05) is 6.07 Å². The van der Waals surface area contributed by atoms with Gasteiger partial charge < -0.3 is 15.2 Å². The van der Waals surface area contributed by atoms with Gasteiger partial charge in [0.1, 0.15) is 5.60 Å². The SMILES string of the molecule is OC1(CNCc2ncc(Br)cc2Br)CCOC1. The minimum absolute atomic E-state index is 0.412. The maximum Gasteiger partial charge on any atom is 0.103 e. The molecule has 0 radical (unpaired) electrons. The molecule has 2 rings (SSSR count). The van der Waals surface area contributed by atoms with Crippen molar-refractivity contribution in [3.8, 4) is 0 Å². The van der Waals surface area contributed by atoms with Crippen molar-refractivity contribution in [3.05, 3.63) is 26.9 Å². The van der Waals surface area contributed by atoms with Gasteiger partial charge >= 0.3 is 0 Å². The molecule has 1 aromatic heterocycles. The molecule has 0 bridgehead atoms. The highest BCUT2D eigenvalue weighted by Gasteiger charge is 2.31. The van der Waals surface area contributed by atoms with Crippen LogP contribution in [0, 0.1) is 0 Å². The summed E-state index contributed by atoms with van der Waals surface area (Å²) in [5, 5.41) is 13.3. The van der Waals surface area contributed by atoms with E-state index < -0.39 is 5.60 Å². The fourth-order valence-corrected chi connectivity index (χ4v) is 2.85. The van der Waals surface area contributed by atoms with Gasteiger partial charge in [-0.05, 0) is 37.9 Å². The first-order chi connectivity index (χ1) is 8.09.